The van der Waals surface area contributed by atoms with Crippen LogP contribution in [-0.2, 0) is 0 Å². The first-order valence-electron chi connectivity index (χ1n) is 0. The van der Waals surface area contributed by atoms with Gasteiger partial charge in [-0.05, 0) is 0 Å². The average Bonchev–Trinajstić information content (AvgIpc) is 0. The zero-order chi connectivity index (χ0) is 0. The van der Waals surface area contributed by atoms with E-state index >= 15 is 0 Å². The van der Waals surface area contributed by atoms with Gasteiger partial charge in [-0.1, -0.05) is 0 Å². The van der Waals surface area contributed by atoms with Gasteiger partial charge in [0.2, 0.25) is 0 Å². The van der Waals surface area contributed by atoms with E-state index in [1.54, 1.807) is 0 Å². The minimum atomic E-state index is 0. The summed E-state index contributed by atoms with van der Waals surface area (Å²) in [6.45, 7) is 0. The Balaban J connectivity index is 0. The fourth-order valence-corrected chi connectivity index (χ4v) is 0. The summed E-state index contributed by atoms with van der Waals surface area (Å²) < 4.78 is 0. The van der Waals surface area contributed by atoms with Crippen LogP contribution in [0, 0.1) is 49.4 Å². The van der Waals surface area contributed by atoms with E-state index in [4.69, 9.17) is 0 Å². The molecular formula is EuTl3. The van der Waals surface area contributed by atoms with Crippen molar-refractivity contribution in [2.24, 2.45) is 0 Å². The molecular weight excluding hydrogens is 765 g/mol. The summed E-state index contributed by atoms with van der Waals surface area (Å²) in [6, 6.07) is 0. The van der Waals surface area contributed by atoms with Crippen LogP contribution >= 0.6 is 0 Å². The van der Waals surface area contributed by atoms with E-state index in [9.17, 15) is 0 Å². The van der Waals surface area contributed by atoms with Crippen LogP contribution in [0.25, 0.3) is 0 Å². The van der Waals surface area contributed by atoms with Crippen molar-refractivity contribution in [1.29, 1.82) is 0 Å². The summed E-state index contributed by atoms with van der Waals surface area (Å²) in [6.07, 6.45) is 0. The summed E-state index contributed by atoms with van der Waals surface area (Å²) >= 11 is 0. The molecule has 0 aromatic heterocycles. The third-order valence-electron chi connectivity index (χ3n) is 0. The first-order chi connectivity index (χ1) is 0. The standard InChI is InChI=1S/Eu.3Tl. The number of hydrogen-bond acceptors (Lipinski definition) is 0. The van der Waals surface area contributed by atoms with Crippen molar-refractivity contribution in [2.75, 3.05) is 0 Å². The number of rotatable bonds is 0. The molecule has 0 amide bonds. The van der Waals surface area contributed by atoms with Gasteiger partial charge in [-0.2, -0.15) is 0 Å². The van der Waals surface area contributed by atoms with Crippen LogP contribution in [-0.4, -0.2) is 81.9 Å². The third kappa shape index (κ3) is 9.61. The van der Waals surface area contributed by atoms with Crippen molar-refractivity contribution in [1.82, 2.24) is 0 Å². The SMILES string of the molecule is [Eu].[Tl].[Tl].[Tl]. The Hall–Kier alpha value is 4.35. The summed E-state index contributed by atoms with van der Waals surface area (Å²) in [7, 11) is 0. The van der Waals surface area contributed by atoms with Gasteiger partial charge >= 0.3 is 0 Å². The zero-order valence-electron chi connectivity index (χ0n) is 2.11. The van der Waals surface area contributed by atoms with Gasteiger partial charge in [0.1, 0.15) is 0 Å². The van der Waals surface area contributed by atoms with Crippen LogP contribution in [0.4, 0.5) is 0 Å². The molecule has 0 saturated carbocycles. The molecule has 0 nitrogen and oxygen atoms in total. The molecule has 4 heteroatoms. The molecule has 0 fully saturated rings. The molecule has 0 heterocycles. The average molecular weight is 765 g/mol. The fraction of sp³-hybridized carbons (Fsp3) is 0. The van der Waals surface area contributed by atoms with Crippen molar-refractivity contribution in [3.8, 4) is 0 Å². The van der Waals surface area contributed by atoms with E-state index < -0.39 is 0 Å². The van der Waals surface area contributed by atoms with Crippen molar-refractivity contribution in [3.63, 3.8) is 0 Å². The van der Waals surface area contributed by atoms with E-state index in [0.29, 0.717) is 0 Å². The minimum absolute atomic E-state index is 0. The van der Waals surface area contributed by atoms with Crippen LogP contribution in [0.15, 0.2) is 0 Å². The van der Waals surface area contributed by atoms with Crippen LogP contribution in [0.3, 0.4) is 0 Å². The zero-order valence-corrected chi connectivity index (χ0v) is 18.0. The first-order valence-corrected chi connectivity index (χ1v) is 0. The van der Waals surface area contributed by atoms with Gasteiger partial charge in [0.25, 0.3) is 0 Å². The second-order valence-electron chi connectivity index (χ2n) is 0. The third-order valence-corrected chi connectivity index (χ3v) is 0. The van der Waals surface area contributed by atoms with Gasteiger partial charge in [0.15, 0.2) is 0 Å². The summed E-state index contributed by atoms with van der Waals surface area (Å²) in [5, 5.41) is 0. The molecule has 0 rings (SSSR count). The smallest absolute Gasteiger partial charge is 0 e. The van der Waals surface area contributed by atoms with Gasteiger partial charge in [-0.25, -0.2) is 0 Å². The quantitative estimate of drug-likeness (QED) is 0.274. The largest absolute Gasteiger partial charge is 0 e. The maximum atomic E-state index is 0. The molecule has 0 aromatic rings. The molecule has 0 aliphatic heterocycles. The Morgan fingerprint density at radius 2 is 0.500 bits per heavy atom. The van der Waals surface area contributed by atoms with Crippen molar-refractivity contribution in [2.45, 2.75) is 0 Å². The van der Waals surface area contributed by atoms with E-state index in [1.807, 2.05) is 0 Å². The second kappa shape index (κ2) is 15.7. The first kappa shape index (κ1) is 23.8. The maximum Gasteiger partial charge on any atom is 0 e. The van der Waals surface area contributed by atoms with Gasteiger partial charge < -0.3 is 0 Å². The molecule has 0 aliphatic carbocycles. The predicted molar refractivity (Wildman–Crippen MR) is 17.3 cm³/mol. The fourth-order valence-electron chi connectivity index (χ4n) is 0. The second-order valence-corrected chi connectivity index (χ2v) is 0. The van der Waals surface area contributed by atoms with Crippen LogP contribution in [0.2, 0.25) is 0 Å². The molecule has 0 N–H and O–H groups in total. The topological polar surface area (TPSA) is 0 Å². The van der Waals surface area contributed by atoms with Crippen LogP contribution in [0.5, 0.6) is 0 Å². The summed E-state index contributed by atoms with van der Waals surface area (Å²) in [5.74, 6) is 0. The van der Waals surface area contributed by atoms with Crippen molar-refractivity contribution >= 4 is 81.9 Å². The Morgan fingerprint density at radius 1 is 0.500 bits per heavy atom. The summed E-state index contributed by atoms with van der Waals surface area (Å²) in [4.78, 5) is 0. The maximum absolute atomic E-state index is 0. The van der Waals surface area contributed by atoms with Gasteiger partial charge in [-0.3, -0.25) is 0 Å². The molecule has 0 unspecified atom stereocenters. The number of hydrogen-bond donors (Lipinski definition) is 0. The van der Waals surface area contributed by atoms with E-state index in [2.05, 4.69) is 0 Å². The molecule has 4 radical (unpaired) electrons. The normalized spacial score (nSPS) is 0. The molecule has 0 atom stereocenters. The minimum Gasteiger partial charge on any atom is 0 e. The van der Waals surface area contributed by atoms with Crippen LogP contribution < -0.4 is 0 Å². The monoisotopic (exact) mass is 768 g/mol. The molecule has 0 saturated heterocycles. The molecule has 0 bridgehead atoms. The Bertz CT molecular complexity index is 3.25. The van der Waals surface area contributed by atoms with Gasteiger partial charge in [0, 0.05) is 131 Å². The van der Waals surface area contributed by atoms with E-state index in [0.717, 1.165) is 0 Å². The predicted octanol–water partition coefficient (Wildman–Crippen LogP) is -1.14. The molecule has 4 heavy (non-hydrogen) atoms. The molecule has 16 valence electrons. The van der Waals surface area contributed by atoms with Crippen molar-refractivity contribution in [3.05, 3.63) is 0 Å². The molecule has 0 spiro atoms. The molecule has 0 aromatic carbocycles. The van der Waals surface area contributed by atoms with Crippen LogP contribution in [0.1, 0.15) is 0 Å². The molecule has 0 aliphatic rings. The van der Waals surface area contributed by atoms with Gasteiger partial charge in [0.05, 0.1) is 0 Å². The Morgan fingerprint density at radius 3 is 0.500 bits per heavy atom. The van der Waals surface area contributed by atoms with Crippen molar-refractivity contribution < 1.29 is 49.4 Å². The van der Waals surface area contributed by atoms with E-state index in [-0.39, 0.29) is 131 Å². The van der Waals surface area contributed by atoms with E-state index in [1.165, 1.54) is 0 Å². The van der Waals surface area contributed by atoms with Gasteiger partial charge in [-0.15, -0.1) is 0 Å². The summed E-state index contributed by atoms with van der Waals surface area (Å²) in [5.41, 5.74) is 0. The Kier molecular flexibility index (Phi) is 93.3. The Labute approximate surface area is 127 Å².